The van der Waals surface area contributed by atoms with Crippen molar-refractivity contribution < 1.29 is 8.42 Å². The molecule has 5 nitrogen and oxygen atoms in total. The molecule has 0 unspecified atom stereocenters. The summed E-state index contributed by atoms with van der Waals surface area (Å²) in [5, 5.41) is 3.34. The average molecular weight is 334 g/mol. The molecular formula is C11H16BrN3O2S. The van der Waals surface area contributed by atoms with E-state index >= 15 is 0 Å². The van der Waals surface area contributed by atoms with Crippen LogP contribution in [0.15, 0.2) is 27.8 Å². The predicted octanol–water partition coefficient (Wildman–Crippen LogP) is 1.26. The van der Waals surface area contributed by atoms with Crippen molar-refractivity contribution in [3.05, 3.63) is 22.9 Å². The third-order valence-electron chi connectivity index (χ3n) is 2.65. The molecule has 7 heteroatoms. The van der Waals surface area contributed by atoms with Crippen LogP contribution in [-0.4, -0.2) is 32.5 Å². The normalized spacial score (nSPS) is 15.8. The summed E-state index contributed by atoms with van der Waals surface area (Å²) in [5.41, 5.74) is 0. The molecule has 0 atom stereocenters. The molecule has 2 N–H and O–H groups in total. The van der Waals surface area contributed by atoms with E-state index in [1.54, 1.807) is 6.20 Å². The van der Waals surface area contributed by atoms with E-state index in [0.717, 1.165) is 13.0 Å². The molecule has 0 aromatic carbocycles. The Labute approximate surface area is 116 Å². The minimum atomic E-state index is -3.44. The molecule has 100 valence electrons. The molecule has 18 heavy (non-hydrogen) atoms. The number of hydrogen-bond acceptors (Lipinski definition) is 4. The van der Waals surface area contributed by atoms with Gasteiger partial charge in [-0.2, -0.15) is 0 Å². The minimum absolute atomic E-state index is 0.187. The molecule has 0 spiro atoms. The quantitative estimate of drug-likeness (QED) is 0.737. The first-order chi connectivity index (χ1) is 8.58. The van der Waals surface area contributed by atoms with E-state index in [0.29, 0.717) is 17.1 Å². The van der Waals surface area contributed by atoms with E-state index in [9.17, 15) is 8.42 Å². The number of halogens is 1. The van der Waals surface area contributed by atoms with Crippen LogP contribution >= 0.6 is 15.9 Å². The fraction of sp³-hybridized carbons (Fsp3) is 0.545. The highest BCUT2D eigenvalue weighted by Crippen LogP contribution is 2.18. The fourth-order valence-electron chi connectivity index (χ4n) is 1.51. The molecule has 1 saturated carbocycles. The highest BCUT2D eigenvalue weighted by atomic mass is 79.9. The van der Waals surface area contributed by atoms with Crippen LogP contribution < -0.4 is 10.0 Å². The van der Waals surface area contributed by atoms with Gasteiger partial charge in [0.25, 0.3) is 0 Å². The summed E-state index contributed by atoms with van der Waals surface area (Å²) < 4.78 is 27.0. The van der Waals surface area contributed by atoms with Crippen LogP contribution in [0.5, 0.6) is 0 Å². The zero-order valence-corrected chi connectivity index (χ0v) is 12.3. The molecule has 1 aromatic heterocycles. The Morgan fingerprint density at radius 1 is 1.33 bits per heavy atom. The molecule has 0 saturated heterocycles. The van der Waals surface area contributed by atoms with Crippen LogP contribution in [0.2, 0.25) is 0 Å². The molecule has 1 aliphatic rings. The van der Waals surface area contributed by atoms with Gasteiger partial charge in [-0.15, -0.1) is 0 Å². The van der Waals surface area contributed by atoms with Gasteiger partial charge >= 0.3 is 0 Å². The van der Waals surface area contributed by atoms with Gasteiger partial charge in [0.1, 0.15) is 4.90 Å². The molecule has 1 aliphatic carbocycles. The number of nitrogens with zero attached hydrogens (tertiary/aromatic N) is 1. The van der Waals surface area contributed by atoms with Crippen molar-refractivity contribution in [3.8, 4) is 0 Å². The Balaban J connectivity index is 1.79. The number of hydrogen-bond donors (Lipinski definition) is 2. The van der Waals surface area contributed by atoms with Crippen molar-refractivity contribution in [2.45, 2.75) is 30.2 Å². The van der Waals surface area contributed by atoms with Crippen molar-refractivity contribution in [3.63, 3.8) is 0 Å². The molecule has 0 amide bonds. The molecule has 1 aromatic rings. The third kappa shape index (κ3) is 4.31. The standard InChI is InChI=1S/C11H16BrN3O2S/c12-9-6-11(8-13-7-9)18(16,17)15-5-1-4-14-10-2-3-10/h6-8,10,14-15H,1-5H2. The van der Waals surface area contributed by atoms with Crippen LogP contribution in [0.3, 0.4) is 0 Å². The van der Waals surface area contributed by atoms with Gasteiger partial charge in [-0.25, -0.2) is 13.1 Å². The summed E-state index contributed by atoms with van der Waals surface area (Å²) >= 11 is 3.21. The van der Waals surface area contributed by atoms with Gasteiger partial charge in [-0.05, 0) is 47.8 Å². The average Bonchev–Trinajstić information content (AvgIpc) is 3.12. The molecule has 0 bridgehead atoms. The lowest BCUT2D eigenvalue weighted by Crippen LogP contribution is -2.28. The van der Waals surface area contributed by atoms with Gasteiger partial charge in [0, 0.05) is 29.5 Å². The molecular weight excluding hydrogens is 318 g/mol. The maximum absolute atomic E-state index is 11.9. The highest BCUT2D eigenvalue weighted by Gasteiger charge is 2.19. The van der Waals surface area contributed by atoms with Crippen molar-refractivity contribution in [2.75, 3.05) is 13.1 Å². The topological polar surface area (TPSA) is 71.1 Å². The second-order valence-corrected chi connectivity index (χ2v) is 7.00. The zero-order valence-electron chi connectivity index (χ0n) is 9.89. The first-order valence-electron chi connectivity index (χ1n) is 5.91. The van der Waals surface area contributed by atoms with E-state index in [2.05, 4.69) is 31.0 Å². The second-order valence-electron chi connectivity index (χ2n) is 4.32. The van der Waals surface area contributed by atoms with E-state index in [-0.39, 0.29) is 4.90 Å². The fourth-order valence-corrected chi connectivity index (χ4v) is 3.09. The minimum Gasteiger partial charge on any atom is -0.314 e. The highest BCUT2D eigenvalue weighted by molar-refractivity contribution is 9.10. The lowest BCUT2D eigenvalue weighted by Gasteiger charge is -2.07. The van der Waals surface area contributed by atoms with Gasteiger partial charge in [0.2, 0.25) is 10.0 Å². The lowest BCUT2D eigenvalue weighted by molar-refractivity contribution is 0.573. The smallest absolute Gasteiger partial charge is 0.242 e. The maximum atomic E-state index is 11.9. The number of aromatic nitrogens is 1. The Hall–Kier alpha value is -0.500. The summed E-state index contributed by atoms with van der Waals surface area (Å²) in [7, 11) is -3.44. The molecule has 0 aliphatic heterocycles. The second kappa shape index (κ2) is 6.10. The molecule has 1 heterocycles. The molecule has 0 radical (unpaired) electrons. The number of pyridine rings is 1. The third-order valence-corrected chi connectivity index (χ3v) is 4.51. The van der Waals surface area contributed by atoms with Crippen LogP contribution in [0.1, 0.15) is 19.3 Å². The van der Waals surface area contributed by atoms with Crippen LogP contribution in [0.4, 0.5) is 0 Å². The van der Waals surface area contributed by atoms with Gasteiger partial charge in [0.15, 0.2) is 0 Å². The Bertz CT molecular complexity index is 503. The van der Waals surface area contributed by atoms with Crippen molar-refractivity contribution in [2.24, 2.45) is 0 Å². The molecule has 2 rings (SSSR count). The van der Waals surface area contributed by atoms with Gasteiger partial charge in [-0.1, -0.05) is 0 Å². The maximum Gasteiger partial charge on any atom is 0.242 e. The van der Waals surface area contributed by atoms with Gasteiger partial charge < -0.3 is 5.32 Å². The summed E-state index contributed by atoms with van der Waals surface area (Å²) in [4.78, 5) is 4.04. The van der Waals surface area contributed by atoms with E-state index in [1.807, 2.05) is 0 Å². The van der Waals surface area contributed by atoms with Gasteiger partial charge in [-0.3, -0.25) is 4.98 Å². The Kier molecular flexibility index (Phi) is 4.71. The Morgan fingerprint density at radius 2 is 2.11 bits per heavy atom. The predicted molar refractivity (Wildman–Crippen MR) is 72.8 cm³/mol. The lowest BCUT2D eigenvalue weighted by atomic mass is 10.4. The zero-order chi connectivity index (χ0) is 13.0. The first kappa shape index (κ1) is 13.9. The summed E-state index contributed by atoms with van der Waals surface area (Å²) in [6.45, 7) is 1.29. The van der Waals surface area contributed by atoms with Crippen molar-refractivity contribution in [1.82, 2.24) is 15.0 Å². The largest absolute Gasteiger partial charge is 0.314 e. The SMILES string of the molecule is O=S(=O)(NCCCNC1CC1)c1cncc(Br)c1. The first-order valence-corrected chi connectivity index (χ1v) is 8.19. The van der Waals surface area contributed by atoms with Gasteiger partial charge in [0.05, 0.1) is 0 Å². The Morgan fingerprint density at radius 3 is 2.78 bits per heavy atom. The number of rotatable bonds is 7. The van der Waals surface area contributed by atoms with E-state index < -0.39 is 10.0 Å². The van der Waals surface area contributed by atoms with Crippen molar-refractivity contribution in [1.29, 1.82) is 0 Å². The van der Waals surface area contributed by atoms with Crippen molar-refractivity contribution >= 4 is 26.0 Å². The number of sulfonamides is 1. The van der Waals surface area contributed by atoms with E-state index in [4.69, 9.17) is 0 Å². The van der Waals surface area contributed by atoms with Crippen LogP contribution in [0.25, 0.3) is 0 Å². The summed E-state index contributed by atoms with van der Waals surface area (Å²) in [6, 6.07) is 2.20. The number of nitrogens with one attached hydrogen (secondary N) is 2. The van der Waals surface area contributed by atoms with Crippen LogP contribution in [-0.2, 0) is 10.0 Å². The van der Waals surface area contributed by atoms with Crippen LogP contribution in [0, 0.1) is 0 Å². The van der Waals surface area contributed by atoms with E-state index in [1.165, 1.54) is 25.1 Å². The monoisotopic (exact) mass is 333 g/mol. The summed E-state index contributed by atoms with van der Waals surface area (Å²) in [6.07, 6.45) is 6.18. The molecule has 1 fully saturated rings. The summed E-state index contributed by atoms with van der Waals surface area (Å²) in [5.74, 6) is 0.